The molecule has 152 valence electrons. The first-order valence-electron chi connectivity index (χ1n) is 8.95. The van der Waals surface area contributed by atoms with Crippen molar-refractivity contribution in [3.8, 4) is 0 Å². The van der Waals surface area contributed by atoms with E-state index in [-0.39, 0.29) is 16.0 Å². The van der Waals surface area contributed by atoms with Gasteiger partial charge < -0.3 is 10.2 Å². The Hall–Kier alpha value is -3.08. The number of fused-ring (bicyclic) bond motifs is 1. The molecule has 0 aliphatic carbocycles. The number of carbonyl (C=O) groups excluding carboxylic acids is 1. The lowest BCUT2D eigenvalue weighted by Gasteiger charge is -2.12. The standard InChI is InChI=1S/C18H17F2N5O3S/c1-23-16(27)14-15(22-17(29-14)24-6-2-3-7-24)25(18(23)28)9-13(26)21-12-5-4-10(19)8-11(12)20/h4-5,8H,2-3,6-7,9H2,1H3,(H,21,26). The number of rotatable bonds is 4. The van der Waals surface area contributed by atoms with Gasteiger partial charge in [0.25, 0.3) is 5.56 Å². The summed E-state index contributed by atoms with van der Waals surface area (Å²) in [5.74, 6) is -2.40. The van der Waals surface area contributed by atoms with Crippen molar-refractivity contribution in [3.63, 3.8) is 0 Å². The number of hydrogen-bond donors (Lipinski definition) is 1. The van der Waals surface area contributed by atoms with Gasteiger partial charge in [0.2, 0.25) is 5.91 Å². The molecule has 1 N–H and O–H groups in total. The highest BCUT2D eigenvalue weighted by Crippen LogP contribution is 2.28. The predicted octanol–water partition coefficient (Wildman–Crippen LogP) is 1.67. The lowest BCUT2D eigenvalue weighted by Crippen LogP contribution is -2.40. The van der Waals surface area contributed by atoms with Gasteiger partial charge in [-0.05, 0) is 25.0 Å². The van der Waals surface area contributed by atoms with E-state index in [9.17, 15) is 23.2 Å². The van der Waals surface area contributed by atoms with Crippen LogP contribution < -0.4 is 21.5 Å². The molecule has 0 saturated carbocycles. The molecule has 1 aliphatic heterocycles. The van der Waals surface area contributed by atoms with Gasteiger partial charge in [0.1, 0.15) is 22.9 Å². The van der Waals surface area contributed by atoms with Crippen molar-refractivity contribution in [2.24, 2.45) is 7.05 Å². The summed E-state index contributed by atoms with van der Waals surface area (Å²) in [6.07, 6.45) is 2.04. The van der Waals surface area contributed by atoms with Gasteiger partial charge in [0.05, 0.1) is 5.69 Å². The zero-order valence-electron chi connectivity index (χ0n) is 15.4. The van der Waals surface area contributed by atoms with Gasteiger partial charge in [-0.3, -0.25) is 18.7 Å². The molecule has 0 unspecified atom stereocenters. The van der Waals surface area contributed by atoms with Crippen LogP contribution in [0.4, 0.5) is 19.6 Å². The quantitative estimate of drug-likeness (QED) is 0.692. The SMILES string of the molecule is Cn1c(=O)c2sc(N3CCCC3)nc2n(CC(=O)Nc2ccc(F)cc2F)c1=O. The van der Waals surface area contributed by atoms with Gasteiger partial charge in [-0.15, -0.1) is 0 Å². The average molecular weight is 421 g/mol. The van der Waals surface area contributed by atoms with E-state index in [4.69, 9.17) is 0 Å². The molecule has 0 bridgehead atoms. The minimum Gasteiger partial charge on any atom is -0.348 e. The Morgan fingerprint density at radius 3 is 2.66 bits per heavy atom. The third-order valence-corrected chi connectivity index (χ3v) is 5.85. The van der Waals surface area contributed by atoms with Crippen LogP contribution in [-0.2, 0) is 18.4 Å². The van der Waals surface area contributed by atoms with Crippen LogP contribution in [0.15, 0.2) is 27.8 Å². The molecule has 3 aromatic rings. The maximum Gasteiger partial charge on any atom is 0.332 e. The Morgan fingerprint density at radius 2 is 1.97 bits per heavy atom. The zero-order valence-corrected chi connectivity index (χ0v) is 16.3. The summed E-state index contributed by atoms with van der Waals surface area (Å²) < 4.78 is 29.1. The molecule has 1 aliphatic rings. The maximum atomic E-state index is 13.8. The summed E-state index contributed by atoms with van der Waals surface area (Å²) in [7, 11) is 1.33. The minimum absolute atomic E-state index is 0.125. The largest absolute Gasteiger partial charge is 0.348 e. The van der Waals surface area contributed by atoms with Crippen LogP contribution in [0.25, 0.3) is 10.3 Å². The fourth-order valence-corrected chi connectivity index (χ4v) is 4.34. The number of nitrogens with zero attached hydrogens (tertiary/aromatic N) is 4. The molecule has 29 heavy (non-hydrogen) atoms. The van der Waals surface area contributed by atoms with E-state index in [2.05, 4.69) is 10.3 Å². The highest BCUT2D eigenvalue weighted by Gasteiger charge is 2.22. The normalized spacial score (nSPS) is 14.0. The van der Waals surface area contributed by atoms with Gasteiger partial charge in [0.15, 0.2) is 10.8 Å². The summed E-state index contributed by atoms with van der Waals surface area (Å²) in [5.41, 5.74) is -1.26. The average Bonchev–Trinajstić information content (AvgIpc) is 3.35. The van der Waals surface area contributed by atoms with Crippen LogP contribution in [0.1, 0.15) is 12.8 Å². The number of amides is 1. The van der Waals surface area contributed by atoms with Crippen LogP contribution in [0.3, 0.4) is 0 Å². The Labute approximate surface area is 167 Å². The summed E-state index contributed by atoms with van der Waals surface area (Å²) >= 11 is 1.18. The summed E-state index contributed by atoms with van der Waals surface area (Å²) in [4.78, 5) is 44.0. The van der Waals surface area contributed by atoms with Crippen molar-refractivity contribution in [2.75, 3.05) is 23.3 Å². The van der Waals surface area contributed by atoms with Crippen LogP contribution in [0, 0.1) is 11.6 Å². The third kappa shape index (κ3) is 3.53. The zero-order chi connectivity index (χ0) is 20.7. The van der Waals surface area contributed by atoms with Crippen molar-refractivity contribution in [3.05, 3.63) is 50.7 Å². The first-order valence-corrected chi connectivity index (χ1v) is 9.77. The van der Waals surface area contributed by atoms with Crippen LogP contribution >= 0.6 is 11.3 Å². The topological polar surface area (TPSA) is 89.2 Å². The molecule has 0 radical (unpaired) electrons. The second kappa shape index (κ2) is 7.39. The van der Waals surface area contributed by atoms with Gasteiger partial charge in [-0.25, -0.2) is 18.6 Å². The van der Waals surface area contributed by atoms with Crippen LogP contribution in [0.5, 0.6) is 0 Å². The van der Waals surface area contributed by atoms with Crippen LogP contribution in [-0.4, -0.2) is 33.1 Å². The van der Waals surface area contributed by atoms with E-state index in [0.717, 1.165) is 47.2 Å². The number of aromatic nitrogens is 3. The van der Waals surface area contributed by atoms with E-state index in [1.807, 2.05) is 4.90 Å². The molecule has 11 heteroatoms. The predicted molar refractivity (Wildman–Crippen MR) is 106 cm³/mol. The number of benzene rings is 1. The molecule has 0 spiro atoms. The van der Waals surface area contributed by atoms with Crippen molar-refractivity contribution >= 4 is 38.4 Å². The third-order valence-electron chi connectivity index (χ3n) is 4.75. The van der Waals surface area contributed by atoms with Crippen molar-refractivity contribution in [1.82, 2.24) is 14.1 Å². The number of thiazole rings is 1. The molecule has 1 aromatic carbocycles. The Balaban J connectivity index is 1.71. The first kappa shape index (κ1) is 19.2. The highest BCUT2D eigenvalue weighted by molar-refractivity contribution is 7.22. The van der Waals surface area contributed by atoms with Gasteiger partial charge >= 0.3 is 5.69 Å². The fourth-order valence-electron chi connectivity index (χ4n) is 3.24. The first-order chi connectivity index (χ1) is 13.8. The summed E-state index contributed by atoms with van der Waals surface area (Å²) in [6, 6.07) is 2.75. The van der Waals surface area contributed by atoms with Crippen molar-refractivity contribution in [2.45, 2.75) is 19.4 Å². The lowest BCUT2D eigenvalue weighted by atomic mass is 10.3. The second-order valence-electron chi connectivity index (χ2n) is 6.75. The molecule has 8 nitrogen and oxygen atoms in total. The van der Waals surface area contributed by atoms with E-state index in [0.29, 0.717) is 11.2 Å². The molecule has 0 atom stereocenters. The minimum atomic E-state index is -0.929. The van der Waals surface area contributed by atoms with Gasteiger partial charge in [-0.2, -0.15) is 0 Å². The number of nitrogens with one attached hydrogen (secondary N) is 1. The molecule has 4 rings (SSSR count). The van der Waals surface area contributed by atoms with Gasteiger partial charge in [0, 0.05) is 26.2 Å². The lowest BCUT2D eigenvalue weighted by molar-refractivity contribution is -0.116. The van der Waals surface area contributed by atoms with E-state index >= 15 is 0 Å². The maximum absolute atomic E-state index is 13.8. The molecule has 3 heterocycles. The second-order valence-corrected chi connectivity index (χ2v) is 7.73. The smallest absolute Gasteiger partial charge is 0.332 e. The molecule has 2 aromatic heterocycles. The number of carbonyl (C=O) groups is 1. The van der Waals surface area contributed by atoms with E-state index in [1.54, 1.807) is 0 Å². The van der Waals surface area contributed by atoms with E-state index < -0.39 is 35.3 Å². The Kier molecular flexibility index (Phi) is 4.91. The van der Waals surface area contributed by atoms with Crippen LogP contribution in [0.2, 0.25) is 0 Å². The Bertz CT molecular complexity index is 1230. The molecular weight excluding hydrogens is 404 g/mol. The van der Waals surface area contributed by atoms with E-state index in [1.165, 1.54) is 18.4 Å². The summed E-state index contributed by atoms with van der Waals surface area (Å²) in [6.45, 7) is 1.16. The number of halogens is 2. The monoisotopic (exact) mass is 421 g/mol. The number of hydrogen-bond acceptors (Lipinski definition) is 6. The molecule has 1 fully saturated rings. The fraction of sp³-hybridized carbons (Fsp3) is 0.333. The number of anilines is 2. The molecule has 1 saturated heterocycles. The Morgan fingerprint density at radius 1 is 1.24 bits per heavy atom. The van der Waals surface area contributed by atoms with Crippen molar-refractivity contribution in [1.29, 1.82) is 0 Å². The highest BCUT2D eigenvalue weighted by atomic mass is 32.1. The molecule has 1 amide bonds. The van der Waals surface area contributed by atoms with Crippen molar-refractivity contribution < 1.29 is 13.6 Å². The van der Waals surface area contributed by atoms with Gasteiger partial charge in [-0.1, -0.05) is 11.3 Å². The summed E-state index contributed by atoms with van der Waals surface area (Å²) in [5, 5.41) is 2.94. The molecular formula is C18H17F2N5O3S.